The molecule has 1 saturated heterocycles. The summed E-state index contributed by atoms with van der Waals surface area (Å²) < 4.78 is 18.7. The number of nitrogens with zero attached hydrogens (tertiary/aromatic N) is 3. The maximum atomic E-state index is 13.7. The number of rotatable bonds is 9. The van der Waals surface area contributed by atoms with E-state index in [9.17, 15) is 9.59 Å². The summed E-state index contributed by atoms with van der Waals surface area (Å²) in [5.41, 5.74) is 2.97. The van der Waals surface area contributed by atoms with Gasteiger partial charge in [0, 0.05) is 43.0 Å². The molecule has 1 aliphatic rings. The lowest BCUT2D eigenvalue weighted by molar-refractivity contribution is 0.0544. The van der Waals surface area contributed by atoms with E-state index >= 15 is 0 Å². The number of anilines is 1. The van der Waals surface area contributed by atoms with Crippen LogP contribution in [-0.4, -0.2) is 54.0 Å². The number of urea groups is 1. The smallest absolute Gasteiger partial charge is 0.418 e. The Morgan fingerprint density at radius 3 is 2.54 bits per heavy atom. The van der Waals surface area contributed by atoms with Crippen LogP contribution in [0.25, 0.3) is 10.9 Å². The van der Waals surface area contributed by atoms with Gasteiger partial charge in [-0.1, -0.05) is 31.9 Å². The quantitative estimate of drug-likeness (QED) is 0.272. The van der Waals surface area contributed by atoms with Crippen molar-refractivity contribution in [1.82, 2.24) is 9.47 Å². The second-order valence-corrected chi connectivity index (χ2v) is 11.1. The van der Waals surface area contributed by atoms with Gasteiger partial charge in [0.15, 0.2) is 11.5 Å². The summed E-state index contributed by atoms with van der Waals surface area (Å²) in [5.74, 6) is 1.31. The molecule has 0 spiro atoms. The Hall–Kier alpha value is -3.68. The molecule has 3 aromatic rings. The van der Waals surface area contributed by atoms with Crippen molar-refractivity contribution in [3.63, 3.8) is 0 Å². The number of methoxy groups -OCH3 is 1. The summed E-state index contributed by atoms with van der Waals surface area (Å²) in [4.78, 5) is 30.2. The zero-order valence-electron chi connectivity index (χ0n) is 24.1. The molecule has 8 nitrogen and oxygen atoms in total. The zero-order valence-corrected chi connectivity index (χ0v) is 24.1. The first kappa shape index (κ1) is 28.3. The summed E-state index contributed by atoms with van der Waals surface area (Å²) in [7, 11) is 1.63. The number of ether oxygens (including phenoxy) is 3. The van der Waals surface area contributed by atoms with Crippen molar-refractivity contribution < 1.29 is 23.8 Å². The van der Waals surface area contributed by atoms with Gasteiger partial charge in [-0.2, -0.15) is 0 Å². The second-order valence-electron chi connectivity index (χ2n) is 11.1. The van der Waals surface area contributed by atoms with Gasteiger partial charge in [0.1, 0.15) is 5.60 Å². The topological polar surface area (TPSA) is 73.2 Å². The van der Waals surface area contributed by atoms with E-state index in [1.54, 1.807) is 22.8 Å². The number of aryl methyl sites for hydroxylation is 1. The van der Waals surface area contributed by atoms with E-state index in [0.29, 0.717) is 37.7 Å². The van der Waals surface area contributed by atoms with Crippen LogP contribution in [0.4, 0.5) is 15.3 Å². The number of amides is 2. The van der Waals surface area contributed by atoms with Crippen LogP contribution in [0.2, 0.25) is 0 Å². The largest absolute Gasteiger partial charge is 0.493 e. The minimum atomic E-state index is -0.593. The average molecular weight is 536 g/mol. The Kier molecular flexibility index (Phi) is 8.73. The molecule has 39 heavy (non-hydrogen) atoms. The Labute approximate surface area is 231 Å². The fourth-order valence-corrected chi connectivity index (χ4v) is 4.94. The highest BCUT2D eigenvalue weighted by molar-refractivity contribution is 5.95. The minimum Gasteiger partial charge on any atom is -0.493 e. The number of hydrogen-bond donors (Lipinski definition) is 0. The van der Waals surface area contributed by atoms with Gasteiger partial charge in [-0.15, -0.1) is 0 Å². The third kappa shape index (κ3) is 6.49. The third-order valence-electron chi connectivity index (χ3n) is 6.87. The van der Waals surface area contributed by atoms with Crippen LogP contribution >= 0.6 is 0 Å². The van der Waals surface area contributed by atoms with E-state index < -0.39 is 11.7 Å². The molecule has 0 saturated carbocycles. The molecule has 1 fully saturated rings. The van der Waals surface area contributed by atoms with Gasteiger partial charge in [0.2, 0.25) is 0 Å². The van der Waals surface area contributed by atoms with Crippen molar-refractivity contribution in [2.75, 3.05) is 31.7 Å². The highest BCUT2D eigenvalue weighted by atomic mass is 16.6. The average Bonchev–Trinajstić information content (AvgIpc) is 3.35. The van der Waals surface area contributed by atoms with E-state index in [1.807, 2.05) is 69.0 Å². The van der Waals surface area contributed by atoms with Crippen molar-refractivity contribution in [1.29, 1.82) is 0 Å². The fourth-order valence-electron chi connectivity index (χ4n) is 4.94. The van der Waals surface area contributed by atoms with E-state index in [2.05, 4.69) is 6.92 Å². The summed E-state index contributed by atoms with van der Waals surface area (Å²) >= 11 is 0. The fraction of sp³-hybridized carbons (Fsp3) is 0.484. The summed E-state index contributed by atoms with van der Waals surface area (Å²) in [6, 6.07) is 11.6. The molecular weight excluding hydrogens is 494 g/mol. The molecule has 0 N–H and O–H groups in total. The number of carbonyl (C=O) groups is 2. The molecule has 2 aromatic carbocycles. The molecule has 4 rings (SSSR count). The van der Waals surface area contributed by atoms with Gasteiger partial charge < -0.3 is 19.1 Å². The number of hydrogen-bond acceptors (Lipinski definition) is 5. The third-order valence-corrected chi connectivity index (χ3v) is 6.87. The second kappa shape index (κ2) is 12.0. The maximum Gasteiger partial charge on any atom is 0.418 e. The molecule has 210 valence electrons. The number of aromatic nitrogens is 1. The monoisotopic (exact) mass is 535 g/mol. The SMILES string of the molecule is CCCCCOc1cc(N2CCCN(Cc3ccc(C)c4c3ccn4C(=O)OC(C)(C)C)C2=O)ccc1OC. The van der Waals surface area contributed by atoms with Gasteiger partial charge in [-0.25, -0.2) is 9.59 Å². The number of carbonyl (C=O) groups excluding carboxylic acids is 2. The van der Waals surface area contributed by atoms with Crippen LogP contribution in [0.5, 0.6) is 11.5 Å². The number of unbranched alkanes of at least 4 members (excludes halogenated alkanes) is 2. The van der Waals surface area contributed by atoms with Gasteiger partial charge in [-0.3, -0.25) is 9.47 Å². The molecule has 0 unspecified atom stereocenters. The Bertz CT molecular complexity index is 1320. The lowest BCUT2D eigenvalue weighted by Gasteiger charge is -2.36. The van der Waals surface area contributed by atoms with Gasteiger partial charge in [-0.05, 0) is 69.9 Å². The Morgan fingerprint density at radius 1 is 1.03 bits per heavy atom. The van der Waals surface area contributed by atoms with E-state index in [4.69, 9.17) is 14.2 Å². The van der Waals surface area contributed by atoms with Crippen molar-refractivity contribution in [2.24, 2.45) is 0 Å². The number of benzene rings is 2. The molecule has 0 bridgehead atoms. The van der Waals surface area contributed by atoms with E-state index in [0.717, 1.165) is 53.4 Å². The van der Waals surface area contributed by atoms with E-state index in [-0.39, 0.29) is 6.03 Å². The lowest BCUT2D eigenvalue weighted by atomic mass is 10.1. The van der Waals surface area contributed by atoms with Crippen LogP contribution in [0.1, 0.15) is 64.5 Å². The molecule has 0 atom stereocenters. The van der Waals surface area contributed by atoms with Gasteiger partial charge >= 0.3 is 12.1 Å². The first-order valence-electron chi connectivity index (χ1n) is 13.8. The predicted molar refractivity (Wildman–Crippen MR) is 154 cm³/mol. The molecule has 2 amide bonds. The molecule has 1 aromatic heterocycles. The van der Waals surface area contributed by atoms with Crippen LogP contribution < -0.4 is 14.4 Å². The molecular formula is C31H41N3O5. The van der Waals surface area contributed by atoms with Crippen LogP contribution in [0.15, 0.2) is 42.6 Å². The maximum absolute atomic E-state index is 13.7. The van der Waals surface area contributed by atoms with Crippen molar-refractivity contribution in [2.45, 2.75) is 72.4 Å². The Morgan fingerprint density at radius 2 is 1.82 bits per heavy atom. The van der Waals surface area contributed by atoms with Gasteiger partial charge in [0.25, 0.3) is 0 Å². The van der Waals surface area contributed by atoms with Crippen LogP contribution in [0, 0.1) is 6.92 Å². The highest BCUT2D eigenvalue weighted by Crippen LogP contribution is 2.34. The lowest BCUT2D eigenvalue weighted by Crippen LogP contribution is -2.49. The first-order valence-corrected chi connectivity index (χ1v) is 13.8. The molecule has 8 heteroatoms. The van der Waals surface area contributed by atoms with Crippen LogP contribution in [0.3, 0.4) is 0 Å². The minimum absolute atomic E-state index is 0.0522. The molecule has 0 aliphatic carbocycles. The molecule has 2 heterocycles. The van der Waals surface area contributed by atoms with E-state index in [1.165, 1.54) is 0 Å². The summed E-state index contributed by atoms with van der Waals surface area (Å²) in [6.45, 7) is 12.1. The summed E-state index contributed by atoms with van der Waals surface area (Å²) in [6.07, 6.45) is 5.38. The zero-order chi connectivity index (χ0) is 28.2. The molecule has 1 aliphatic heterocycles. The number of fused-ring (bicyclic) bond motifs is 1. The predicted octanol–water partition coefficient (Wildman–Crippen LogP) is 7.14. The van der Waals surface area contributed by atoms with Crippen LogP contribution in [-0.2, 0) is 11.3 Å². The van der Waals surface area contributed by atoms with Crippen molar-refractivity contribution >= 4 is 28.7 Å². The highest BCUT2D eigenvalue weighted by Gasteiger charge is 2.29. The first-order chi connectivity index (χ1) is 18.6. The van der Waals surface area contributed by atoms with Crippen molar-refractivity contribution in [3.05, 3.63) is 53.7 Å². The molecule has 0 radical (unpaired) electrons. The normalized spacial score (nSPS) is 14.2. The van der Waals surface area contributed by atoms with Crippen molar-refractivity contribution in [3.8, 4) is 11.5 Å². The Balaban J connectivity index is 1.56. The van der Waals surface area contributed by atoms with Gasteiger partial charge in [0.05, 0.1) is 19.2 Å². The summed E-state index contributed by atoms with van der Waals surface area (Å²) in [5, 5.41) is 0.943. The standard InChI is InChI=1S/C31H41N3O5/c1-7-8-9-19-38-27-20-24(13-14-26(27)37-6)33-17-10-16-32(29(33)35)21-23-12-11-22(2)28-25(23)15-18-34(28)30(36)39-31(3,4)5/h11-15,18,20H,7-10,16-17,19,21H2,1-6H3.